The Hall–Kier alpha value is -3.72. The monoisotopic (exact) mass is 465 g/mol. The van der Waals surface area contributed by atoms with Crippen molar-refractivity contribution < 1.29 is 23.9 Å². The van der Waals surface area contributed by atoms with Gasteiger partial charge in [-0.15, -0.1) is 11.3 Å². The van der Waals surface area contributed by atoms with Gasteiger partial charge < -0.3 is 14.8 Å². The average molecular weight is 466 g/mol. The highest BCUT2D eigenvalue weighted by atomic mass is 32.1. The Kier molecular flexibility index (Phi) is 6.99. The number of imide groups is 1. The number of carbonyl (C=O) groups is 3. The van der Waals surface area contributed by atoms with Gasteiger partial charge in [0.1, 0.15) is 16.5 Å². The summed E-state index contributed by atoms with van der Waals surface area (Å²) in [5.74, 6) is 0.148. The molecule has 1 fully saturated rings. The molecule has 2 N–H and O–H groups in total. The van der Waals surface area contributed by atoms with Crippen LogP contribution < -0.4 is 15.4 Å². The van der Waals surface area contributed by atoms with Gasteiger partial charge in [0.25, 0.3) is 5.91 Å². The lowest BCUT2D eigenvalue weighted by molar-refractivity contribution is -0.153. The predicted octanol–water partition coefficient (Wildman–Crippen LogP) is 4.06. The van der Waals surface area contributed by atoms with Gasteiger partial charge in [-0.05, 0) is 44.0 Å². The normalized spacial score (nSPS) is 13.6. The minimum Gasteiger partial charge on any atom is -0.457 e. The smallest absolute Gasteiger partial charge is 0.321 e. The first kappa shape index (κ1) is 22.5. The van der Waals surface area contributed by atoms with Gasteiger partial charge in [-0.25, -0.2) is 9.78 Å². The van der Waals surface area contributed by atoms with E-state index >= 15 is 0 Å². The first-order chi connectivity index (χ1) is 16.0. The number of para-hydroxylation sites is 1. The standard InChI is InChI=1S/C24H23N3O5S/c1-15(22(29)27-24(30)26-17-10-11-17)31-21(28)13-18-14-33-23(25-18)16-6-5-9-20(12-16)32-19-7-3-2-4-8-19/h2-9,12,14-15,17H,10-11,13H2,1H3,(H2,26,27,29,30)/t15-/m1/s1. The van der Waals surface area contributed by atoms with Gasteiger partial charge in [-0.3, -0.25) is 14.9 Å². The number of ether oxygens (including phenoxy) is 2. The van der Waals surface area contributed by atoms with Gasteiger partial charge in [0.05, 0.1) is 12.1 Å². The van der Waals surface area contributed by atoms with Crippen LogP contribution in [-0.4, -0.2) is 35.0 Å². The number of hydrogen-bond acceptors (Lipinski definition) is 7. The molecule has 1 aliphatic carbocycles. The molecule has 0 aliphatic heterocycles. The number of nitrogens with one attached hydrogen (secondary N) is 2. The molecule has 8 nitrogen and oxygen atoms in total. The molecular weight excluding hydrogens is 442 g/mol. The highest BCUT2D eigenvalue weighted by molar-refractivity contribution is 7.13. The molecule has 2 aromatic carbocycles. The molecule has 0 saturated heterocycles. The number of hydrogen-bond donors (Lipinski definition) is 2. The quantitative estimate of drug-likeness (QED) is 0.486. The van der Waals surface area contributed by atoms with E-state index in [-0.39, 0.29) is 12.5 Å². The summed E-state index contributed by atoms with van der Waals surface area (Å²) >= 11 is 1.40. The van der Waals surface area contributed by atoms with E-state index in [1.807, 2.05) is 54.6 Å². The Labute approximate surface area is 194 Å². The number of benzene rings is 2. The van der Waals surface area contributed by atoms with Crippen LogP contribution in [-0.2, 0) is 20.7 Å². The molecule has 3 amide bonds. The molecule has 1 heterocycles. The summed E-state index contributed by atoms with van der Waals surface area (Å²) in [6.07, 6.45) is 0.647. The van der Waals surface area contributed by atoms with Crippen LogP contribution in [0.15, 0.2) is 60.0 Å². The van der Waals surface area contributed by atoms with Crippen LogP contribution in [0.4, 0.5) is 4.79 Å². The van der Waals surface area contributed by atoms with Crippen LogP contribution in [0.2, 0.25) is 0 Å². The molecule has 170 valence electrons. The number of esters is 1. The summed E-state index contributed by atoms with van der Waals surface area (Å²) in [5, 5.41) is 7.32. The zero-order valence-electron chi connectivity index (χ0n) is 17.9. The van der Waals surface area contributed by atoms with Gasteiger partial charge in [-0.2, -0.15) is 0 Å². The van der Waals surface area contributed by atoms with E-state index in [4.69, 9.17) is 9.47 Å². The fourth-order valence-electron chi connectivity index (χ4n) is 2.94. The van der Waals surface area contributed by atoms with Gasteiger partial charge >= 0.3 is 12.0 Å². The van der Waals surface area contributed by atoms with Crippen molar-refractivity contribution in [3.8, 4) is 22.1 Å². The second kappa shape index (κ2) is 10.3. The summed E-state index contributed by atoms with van der Waals surface area (Å²) in [7, 11) is 0. The highest BCUT2D eigenvalue weighted by Crippen LogP contribution is 2.29. The maximum absolute atomic E-state index is 12.2. The number of aromatic nitrogens is 1. The van der Waals surface area contributed by atoms with E-state index in [2.05, 4.69) is 15.6 Å². The predicted molar refractivity (Wildman–Crippen MR) is 123 cm³/mol. The number of nitrogens with zero attached hydrogens (tertiary/aromatic N) is 1. The Bertz CT molecular complexity index is 1140. The van der Waals surface area contributed by atoms with Crippen LogP contribution in [0.3, 0.4) is 0 Å². The number of rotatable bonds is 8. The molecule has 1 atom stereocenters. The van der Waals surface area contributed by atoms with E-state index in [0.29, 0.717) is 11.4 Å². The lowest BCUT2D eigenvalue weighted by Crippen LogP contribution is -2.45. The Balaban J connectivity index is 1.31. The molecule has 9 heteroatoms. The van der Waals surface area contributed by atoms with Crippen LogP contribution in [0.1, 0.15) is 25.5 Å². The molecule has 1 saturated carbocycles. The maximum Gasteiger partial charge on any atom is 0.321 e. The van der Waals surface area contributed by atoms with Gasteiger partial charge in [0.15, 0.2) is 6.10 Å². The minimum absolute atomic E-state index is 0.0808. The SMILES string of the molecule is C[C@@H](OC(=O)Cc1csc(-c2cccc(Oc3ccccc3)c2)n1)C(=O)NC(=O)NC1CC1. The molecule has 0 unspecified atom stereocenters. The van der Waals surface area contributed by atoms with E-state index < -0.39 is 24.0 Å². The summed E-state index contributed by atoms with van der Waals surface area (Å²) < 4.78 is 11.0. The third-order valence-corrected chi connectivity index (χ3v) is 5.70. The first-order valence-corrected chi connectivity index (χ1v) is 11.4. The largest absolute Gasteiger partial charge is 0.457 e. The van der Waals surface area contributed by atoms with E-state index in [9.17, 15) is 14.4 Å². The zero-order valence-corrected chi connectivity index (χ0v) is 18.8. The maximum atomic E-state index is 12.2. The summed E-state index contributed by atoms with van der Waals surface area (Å²) in [5.41, 5.74) is 1.40. The molecule has 33 heavy (non-hydrogen) atoms. The second-order valence-electron chi connectivity index (χ2n) is 7.63. The van der Waals surface area contributed by atoms with Crippen LogP contribution in [0.25, 0.3) is 10.6 Å². The van der Waals surface area contributed by atoms with Crippen molar-refractivity contribution >= 4 is 29.2 Å². The van der Waals surface area contributed by atoms with E-state index in [1.54, 1.807) is 5.38 Å². The molecule has 0 radical (unpaired) electrons. The van der Waals surface area contributed by atoms with Gasteiger partial charge in [0.2, 0.25) is 0 Å². The number of thiazole rings is 1. The fourth-order valence-corrected chi connectivity index (χ4v) is 3.76. The van der Waals surface area contributed by atoms with Crippen LogP contribution >= 0.6 is 11.3 Å². The first-order valence-electron chi connectivity index (χ1n) is 10.5. The zero-order chi connectivity index (χ0) is 23.2. The minimum atomic E-state index is -1.09. The molecule has 3 aromatic rings. The van der Waals surface area contributed by atoms with Crippen molar-refractivity contribution in [2.45, 2.75) is 38.3 Å². The fraction of sp³-hybridized carbons (Fsp3) is 0.250. The lowest BCUT2D eigenvalue weighted by Gasteiger charge is -2.12. The number of carbonyl (C=O) groups excluding carboxylic acids is 3. The van der Waals surface area contributed by atoms with E-state index in [0.717, 1.165) is 29.2 Å². The Morgan fingerprint density at radius 2 is 1.85 bits per heavy atom. The van der Waals surface area contributed by atoms with Gasteiger partial charge in [-0.1, -0.05) is 30.3 Å². The van der Waals surface area contributed by atoms with Crippen LogP contribution in [0.5, 0.6) is 11.5 Å². The van der Waals surface area contributed by atoms with Crippen molar-refractivity contribution in [3.63, 3.8) is 0 Å². The number of urea groups is 1. The Morgan fingerprint density at radius 1 is 1.09 bits per heavy atom. The molecular formula is C24H23N3O5S. The van der Waals surface area contributed by atoms with Crippen molar-refractivity contribution in [1.82, 2.24) is 15.6 Å². The summed E-state index contributed by atoms with van der Waals surface area (Å²) in [6, 6.07) is 16.6. The third-order valence-electron chi connectivity index (χ3n) is 4.76. The molecule has 0 spiro atoms. The van der Waals surface area contributed by atoms with E-state index in [1.165, 1.54) is 18.3 Å². The Morgan fingerprint density at radius 3 is 2.61 bits per heavy atom. The second-order valence-corrected chi connectivity index (χ2v) is 8.49. The lowest BCUT2D eigenvalue weighted by atomic mass is 10.2. The molecule has 1 aliphatic rings. The topological polar surface area (TPSA) is 107 Å². The van der Waals surface area contributed by atoms with Crippen molar-refractivity contribution in [1.29, 1.82) is 0 Å². The third kappa shape index (κ3) is 6.63. The molecule has 1 aromatic heterocycles. The summed E-state index contributed by atoms with van der Waals surface area (Å²) in [6.45, 7) is 1.42. The van der Waals surface area contributed by atoms with Gasteiger partial charge in [0, 0.05) is 17.0 Å². The molecule has 4 rings (SSSR count). The van der Waals surface area contributed by atoms with Crippen LogP contribution in [0, 0.1) is 0 Å². The average Bonchev–Trinajstić information content (AvgIpc) is 3.48. The highest BCUT2D eigenvalue weighted by Gasteiger charge is 2.26. The van der Waals surface area contributed by atoms with Crippen molar-refractivity contribution in [2.24, 2.45) is 0 Å². The van der Waals surface area contributed by atoms with Crippen molar-refractivity contribution in [2.75, 3.05) is 0 Å². The molecule has 0 bridgehead atoms. The summed E-state index contributed by atoms with van der Waals surface area (Å²) in [4.78, 5) is 40.4. The number of amides is 3. The van der Waals surface area contributed by atoms with Crippen molar-refractivity contribution in [3.05, 3.63) is 65.7 Å².